The number of nitrogens with one attached hydrogen (secondary N) is 2. The molecule has 2 N–H and O–H groups in total. The summed E-state index contributed by atoms with van der Waals surface area (Å²) >= 11 is 0. The molecule has 24 heavy (non-hydrogen) atoms. The summed E-state index contributed by atoms with van der Waals surface area (Å²) in [6.07, 6.45) is 4.38. The van der Waals surface area contributed by atoms with Gasteiger partial charge in [0.2, 0.25) is 5.91 Å². The SMILES string of the molecule is C=CCN(CC=C)CC(=O)Nc1ccc(C(=O)NC(C)CC)cc1. The van der Waals surface area contributed by atoms with Gasteiger partial charge in [0, 0.05) is 30.4 Å². The predicted molar refractivity (Wildman–Crippen MR) is 99.1 cm³/mol. The third-order valence-corrected chi connectivity index (χ3v) is 3.56. The maximum absolute atomic E-state index is 12.1. The third-order valence-electron chi connectivity index (χ3n) is 3.56. The van der Waals surface area contributed by atoms with Crippen molar-refractivity contribution in [1.82, 2.24) is 10.2 Å². The molecule has 0 fully saturated rings. The number of hydrogen-bond donors (Lipinski definition) is 2. The van der Waals surface area contributed by atoms with E-state index in [2.05, 4.69) is 23.8 Å². The van der Waals surface area contributed by atoms with E-state index in [9.17, 15) is 9.59 Å². The van der Waals surface area contributed by atoms with Crippen LogP contribution < -0.4 is 10.6 Å². The molecule has 0 aromatic heterocycles. The summed E-state index contributed by atoms with van der Waals surface area (Å²) in [5.74, 6) is -0.221. The highest BCUT2D eigenvalue weighted by Gasteiger charge is 2.10. The molecule has 1 rings (SSSR count). The molecular weight excluding hydrogens is 302 g/mol. The summed E-state index contributed by atoms with van der Waals surface area (Å²) < 4.78 is 0. The van der Waals surface area contributed by atoms with Crippen LogP contribution in [0.4, 0.5) is 5.69 Å². The van der Waals surface area contributed by atoms with Crippen LogP contribution in [0.25, 0.3) is 0 Å². The standard InChI is InChI=1S/C19H27N3O2/c1-5-12-22(13-6-2)14-18(23)21-17-10-8-16(9-11-17)19(24)20-15(4)7-3/h5-6,8-11,15H,1-2,7,12-14H2,3-4H3,(H,20,24)(H,21,23). The van der Waals surface area contributed by atoms with Crippen molar-refractivity contribution >= 4 is 17.5 Å². The van der Waals surface area contributed by atoms with Gasteiger partial charge in [0.25, 0.3) is 5.91 Å². The number of carbonyl (C=O) groups excluding carboxylic acids is 2. The minimum absolute atomic E-state index is 0.106. The molecule has 0 aliphatic rings. The van der Waals surface area contributed by atoms with Crippen LogP contribution in [-0.2, 0) is 4.79 Å². The van der Waals surface area contributed by atoms with Gasteiger partial charge in [0.05, 0.1) is 6.54 Å². The smallest absolute Gasteiger partial charge is 0.251 e. The van der Waals surface area contributed by atoms with Gasteiger partial charge in [-0.3, -0.25) is 14.5 Å². The molecule has 130 valence electrons. The number of benzene rings is 1. The Morgan fingerprint density at radius 2 is 1.75 bits per heavy atom. The first-order valence-electron chi connectivity index (χ1n) is 8.15. The molecule has 1 unspecified atom stereocenters. The minimum atomic E-state index is -0.115. The van der Waals surface area contributed by atoms with E-state index < -0.39 is 0 Å². The van der Waals surface area contributed by atoms with Gasteiger partial charge in [-0.1, -0.05) is 19.1 Å². The van der Waals surface area contributed by atoms with Crippen LogP contribution in [0.3, 0.4) is 0 Å². The first kappa shape index (κ1) is 19.6. The highest BCUT2D eigenvalue weighted by Crippen LogP contribution is 2.10. The average molecular weight is 329 g/mol. The summed E-state index contributed by atoms with van der Waals surface area (Å²) in [4.78, 5) is 26.0. The number of carbonyl (C=O) groups is 2. The summed E-state index contributed by atoms with van der Waals surface area (Å²) in [6.45, 7) is 12.8. The first-order valence-corrected chi connectivity index (χ1v) is 8.15. The quantitative estimate of drug-likeness (QED) is 0.649. The highest BCUT2D eigenvalue weighted by atomic mass is 16.2. The fraction of sp³-hybridized carbons (Fsp3) is 0.368. The summed E-state index contributed by atoms with van der Waals surface area (Å²) in [5.41, 5.74) is 1.24. The topological polar surface area (TPSA) is 61.4 Å². The van der Waals surface area contributed by atoms with Crippen LogP contribution in [-0.4, -0.2) is 42.4 Å². The molecule has 1 aromatic rings. The molecule has 5 heteroatoms. The van der Waals surface area contributed by atoms with E-state index in [1.54, 1.807) is 36.4 Å². The molecule has 0 aliphatic heterocycles. The molecule has 0 heterocycles. The van der Waals surface area contributed by atoms with Crippen molar-refractivity contribution in [3.63, 3.8) is 0 Å². The molecule has 0 saturated carbocycles. The Hall–Kier alpha value is -2.40. The van der Waals surface area contributed by atoms with Gasteiger partial charge < -0.3 is 10.6 Å². The van der Waals surface area contributed by atoms with Gasteiger partial charge >= 0.3 is 0 Å². The molecule has 5 nitrogen and oxygen atoms in total. The average Bonchev–Trinajstić information content (AvgIpc) is 2.55. The Kier molecular flexibility index (Phi) is 8.50. The van der Waals surface area contributed by atoms with Crippen LogP contribution in [0, 0.1) is 0 Å². The summed E-state index contributed by atoms with van der Waals surface area (Å²) in [5, 5.41) is 5.73. The van der Waals surface area contributed by atoms with Gasteiger partial charge in [-0.2, -0.15) is 0 Å². The van der Waals surface area contributed by atoms with Crippen LogP contribution in [0.5, 0.6) is 0 Å². The number of amides is 2. The lowest BCUT2D eigenvalue weighted by Crippen LogP contribution is -2.33. The van der Waals surface area contributed by atoms with E-state index in [0.717, 1.165) is 6.42 Å². The minimum Gasteiger partial charge on any atom is -0.350 e. The molecule has 0 bridgehead atoms. The number of nitrogens with zero attached hydrogens (tertiary/aromatic N) is 1. The van der Waals surface area contributed by atoms with Crippen molar-refractivity contribution in [2.45, 2.75) is 26.3 Å². The molecule has 0 saturated heterocycles. The Balaban J connectivity index is 2.59. The molecule has 0 spiro atoms. The van der Waals surface area contributed by atoms with Crippen molar-refractivity contribution in [1.29, 1.82) is 0 Å². The second-order valence-corrected chi connectivity index (χ2v) is 5.68. The van der Waals surface area contributed by atoms with Gasteiger partial charge in [0.15, 0.2) is 0 Å². The van der Waals surface area contributed by atoms with E-state index in [4.69, 9.17) is 0 Å². The lowest BCUT2D eigenvalue weighted by atomic mass is 10.1. The van der Waals surface area contributed by atoms with Gasteiger partial charge in [-0.05, 0) is 37.6 Å². The lowest BCUT2D eigenvalue weighted by molar-refractivity contribution is -0.117. The predicted octanol–water partition coefficient (Wildman–Crippen LogP) is 2.83. The zero-order chi connectivity index (χ0) is 17.9. The normalized spacial score (nSPS) is 11.6. The second kappa shape index (κ2) is 10.4. The maximum atomic E-state index is 12.1. The maximum Gasteiger partial charge on any atom is 0.251 e. The molecule has 2 amide bonds. The Morgan fingerprint density at radius 3 is 2.25 bits per heavy atom. The van der Waals surface area contributed by atoms with Gasteiger partial charge in [0.1, 0.15) is 0 Å². The molecule has 1 atom stereocenters. The largest absolute Gasteiger partial charge is 0.350 e. The van der Waals surface area contributed by atoms with E-state index in [1.807, 2.05) is 18.7 Å². The zero-order valence-electron chi connectivity index (χ0n) is 14.5. The van der Waals surface area contributed by atoms with Gasteiger partial charge in [-0.15, -0.1) is 13.2 Å². The van der Waals surface area contributed by atoms with Crippen molar-refractivity contribution in [3.8, 4) is 0 Å². The van der Waals surface area contributed by atoms with Crippen LogP contribution >= 0.6 is 0 Å². The molecule has 0 radical (unpaired) electrons. The highest BCUT2D eigenvalue weighted by molar-refractivity contribution is 5.96. The van der Waals surface area contributed by atoms with E-state index in [0.29, 0.717) is 24.3 Å². The van der Waals surface area contributed by atoms with E-state index in [1.165, 1.54) is 0 Å². The number of hydrogen-bond acceptors (Lipinski definition) is 3. The summed E-state index contributed by atoms with van der Waals surface area (Å²) in [6, 6.07) is 7.01. The number of rotatable bonds is 10. The van der Waals surface area contributed by atoms with Crippen molar-refractivity contribution < 1.29 is 9.59 Å². The Bertz CT molecular complexity index is 556. The van der Waals surface area contributed by atoms with Crippen LogP contribution in [0.1, 0.15) is 30.6 Å². The second-order valence-electron chi connectivity index (χ2n) is 5.68. The van der Waals surface area contributed by atoms with Crippen molar-refractivity contribution in [2.24, 2.45) is 0 Å². The Labute approximate surface area is 144 Å². The monoisotopic (exact) mass is 329 g/mol. The molecule has 0 aliphatic carbocycles. The fourth-order valence-corrected chi connectivity index (χ4v) is 2.09. The molecule has 1 aromatic carbocycles. The van der Waals surface area contributed by atoms with Crippen LogP contribution in [0.15, 0.2) is 49.6 Å². The van der Waals surface area contributed by atoms with E-state index >= 15 is 0 Å². The van der Waals surface area contributed by atoms with Crippen LogP contribution in [0.2, 0.25) is 0 Å². The fourth-order valence-electron chi connectivity index (χ4n) is 2.09. The van der Waals surface area contributed by atoms with Crippen molar-refractivity contribution in [2.75, 3.05) is 25.0 Å². The zero-order valence-corrected chi connectivity index (χ0v) is 14.5. The number of anilines is 1. The van der Waals surface area contributed by atoms with E-state index in [-0.39, 0.29) is 24.4 Å². The molecular formula is C19H27N3O2. The van der Waals surface area contributed by atoms with Gasteiger partial charge in [-0.25, -0.2) is 0 Å². The Morgan fingerprint density at radius 1 is 1.17 bits per heavy atom. The lowest BCUT2D eigenvalue weighted by Gasteiger charge is -2.18. The summed E-state index contributed by atoms with van der Waals surface area (Å²) in [7, 11) is 0. The van der Waals surface area contributed by atoms with Crippen molar-refractivity contribution in [3.05, 3.63) is 55.1 Å². The first-order chi connectivity index (χ1) is 11.5. The third kappa shape index (κ3) is 6.79.